The van der Waals surface area contributed by atoms with Gasteiger partial charge in [-0.15, -0.1) is 0 Å². The van der Waals surface area contributed by atoms with E-state index in [0.29, 0.717) is 0 Å². The molecular weight excluding hydrogens is 315 g/mol. The maximum Gasteiger partial charge on any atom is 0.337 e. The predicted octanol–water partition coefficient (Wildman–Crippen LogP) is 2.50. The lowest BCUT2D eigenvalue weighted by atomic mass is 10.2. The van der Waals surface area contributed by atoms with Crippen LogP contribution in [0.2, 0.25) is 10.0 Å². The van der Waals surface area contributed by atoms with E-state index in [4.69, 9.17) is 33.0 Å². The number of carboxylic acids is 1. The van der Waals surface area contributed by atoms with Crippen LogP contribution in [0.4, 0.5) is 0 Å². The summed E-state index contributed by atoms with van der Waals surface area (Å²) in [6.07, 6.45) is -0.548. The molecule has 0 aliphatic carbocycles. The van der Waals surface area contributed by atoms with E-state index < -0.39 is 21.9 Å². The van der Waals surface area contributed by atoms with Gasteiger partial charge in [0.25, 0.3) is 0 Å². The number of hydrogen-bond acceptors (Lipinski definition) is 4. The van der Waals surface area contributed by atoms with Crippen molar-refractivity contribution in [2.45, 2.75) is 17.9 Å². The minimum absolute atomic E-state index is 0.00885. The Kier molecular flexibility index (Phi) is 5.20. The Morgan fingerprint density at radius 1 is 1.42 bits per heavy atom. The number of methoxy groups -OCH3 is 1. The van der Waals surface area contributed by atoms with Crippen LogP contribution in [0.3, 0.4) is 0 Å². The van der Waals surface area contributed by atoms with Crippen molar-refractivity contribution in [1.82, 2.24) is 0 Å². The molecule has 0 bridgehead atoms. The molecule has 1 unspecified atom stereocenters. The van der Waals surface area contributed by atoms with E-state index in [1.165, 1.54) is 7.11 Å². The highest BCUT2D eigenvalue weighted by atomic mass is 35.5. The highest BCUT2D eigenvalue weighted by Gasteiger charge is 2.25. The molecule has 0 spiro atoms. The van der Waals surface area contributed by atoms with Crippen LogP contribution in [-0.4, -0.2) is 38.5 Å². The second-order valence-corrected chi connectivity index (χ2v) is 6.72. The topological polar surface area (TPSA) is 80.7 Å². The molecule has 5 nitrogen and oxygen atoms in total. The Morgan fingerprint density at radius 2 is 2.00 bits per heavy atom. The van der Waals surface area contributed by atoms with Crippen LogP contribution in [0, 0.1) is 0 Å². The highest BCUT2D eigenvalue weighted by Crippen LogP contribution is 2.30. The second kappa shape index (κ2) is 6.09. The number of carboxylic acid groups (broad SMARTS) is 1. The SMILES string of the molecule is COC(C)CS(=O)(=O)c1cc(Cl)cc(C(=O)O)c1Cl. The third-order valence-electron chi connectivity index (χ3n) is 2.43. The summed E-state index contributed by atoms with van der Waals surface area (Å²) in [6, 6.07) is 2.24. The summed E-state index contributed by atoms with van der Waals surface area (Å²) in [6.45, 7) is 1.58. The first kappa shape index (κ1) is 16.2. The summed E-state index contributed by atoms with van der Waals surface area (Å²) < 4.78 is 29.2. The molecule has 8 heteroatoms. The predicted molar refractivity (Wildman–Crippen MR) is 71.9 cm³/mol. The summed E-state index contributed by atoms with van der Waals surface area (Å²) in [5.41, 5.74) is -0.349. The number of ether oxygens (including phenoxy) is 1. The Balaban J connectivity index is 3.39. The van der Waals surface area contributed by atoms with Gasteiger partial charge in [-0.25, -0.2) is 13.2 Å². The lowest BCUT2D eigenvalue weighted by molar-refractivity contribution is 0.0697. The van der Waals surface area contributed by atoms with E-state index in [0.717, 1.165) is 12.1 Å². The van der Waals surface area contributed by atoms with E-state index in [-0.39, 0.29) is 26.3 Å². The monoisotopic (exact) mass is 326 g/mol. The molecule has 0 heterocycles. The van der Waals surface area contributed by atoms with Crippen molar-refractivity contribution in [3.05, 3.63) is 27.7 Å². The van der Waals surface area contributed by atoms with Crippen molar-refractivity contribution < 1.29 is 23.1 Å². The number of aromatic carboxylic acids is 1. The fraction of sp³-hybridized carbons (Fsp3) is 0.364. The molecule has 1 N–H and O–H groups in total. The van der Waals surface area contributed by atoms with E-state index >= 15 is 0 Å². The lowest BCUT2D eigenvalue weighted by Gasteiger charge is -2.12. The molecule has 1 aromatic carbocycles. The summed E-state index contributed by atoms with van der Waals surface area (Å²) in [5.74, 6) is -1.66. The Hall–Kier alpha value is -0.820. The Morgan fingerprint density at radius 3 is 2.47 bits per heavy atom. The second-order valence-electron chi connectivity index (χ2n) is 3.90. The van der Waals surface area contributed by atoms with Gasteiger partial charge >= 0.3 is 5.97 Å². The van der Waals surface area contributed by atoms with Crippen LogP contribution in [0.15, 0.2) is 17.0 Å². The van der Waals surface area contributed by atoms with Gasteiger partial charge in [0.1, 0.15) is 0 Å². The molecule has 0 aliphatic rings. The third-order valence-corrected chi connectivity index (χ3v) is 5.06. The smallest absolute Gasteiger partial charge is 0.337 e. The number of benzene rings is 1. The molecule has 106 valence electrons. The molecule has 0 fully saturated rings. The molecule has 0 radical (unpaired) electrons. The lowest BCUT2D eigenvalue weighted by Crippen LogP contribution is -2.20. The molecule has 0 saturated carbocycles. The quantitative estimate of drug-likeness (QED) is 0.899. The van der Waals surface area contributed by atoms with Crippen LogP contribution < -0.4 is 0 Å². The molecule has 0 aromatic heterocycles. The number of hydrogen-bond donors (Lipinski definition) is 1. The number of sulfone groups is 1. The number of halogens is 2. The Bertz CT molecular complexity index is 597. The van der Waals surface area contributed by atoms with Crippen molar-refractivity contribution >= 4 is 39.0 Å². The molecular formula is C11H12Cl2O5S. The fourth-order valence-corrected chi connectivity index (χ4v) is 3.86. The van der Waals surface area contributed by atoms with E-state index in [2.05, 4.69) is 0 Å². The maximum absolute atomic E-state index is 12.1. The van der Waals surface area contributed by atoms with Crippen molar-refractivity contribution in [3.8, 4) is 0 Å². The minimum Gasteiger partial charge on any atom is -0.478 e. The van der Waals surface area contributed by atoms with Crippen LogP contribution in [0.25, 0.3) is 0 Å². The van der Waals surface area contributed by atoms with E-state index in [9.17, 15) is 13.2 Å². The zero-order chi connectivity index (χ0) is 14.8. The van der Waals surface area contributed by atoms with Gasteiger partial charge in [0, 0.05) is 12.1 Å². The Labute approximate surface area is 121 Å². The summed E-state index contributed by atoms with van der Waals surface area (Å²) in [5, 5.41) is 8.59. The van der Waals surface area contributed by atoms with Crippen molar-refractivity contribution in [1.29, 1.82) is 0 Å². The van der Waals surface area contributed by atoms with Gasteiger partial charge in [-0.1, -0.05) is 23.2 Å². The van der Waals surface area contributed by atoms with Gasteiger partial charge in [0.05, 0.1) is 27.3 Å². The molecule has 19 heavy (non-hydrogen) atoms. The highest BCUT2D eigenvalue weighted by molar-refractivity contribution is 7.91. The summed E-state index contributed by atoms with van der Waals surface area (Å²) >= 11 is 11.6. The molecule has 1 atom stereocenters. The van der Waals surface area contributed by atoms with Crippen molar-refractivity contribution in [2.75, 3.05) is 12.9 Å². The van der Waals surface area contributed by atoms with Gasteiger partial charge in [-0.3, -0.25) is 0 Å². The average molecular weight is 327 g/mol. The van der Waals surface area contributed by atoms with Crippen molar-refractivity contribution in [2.24, 2.45) is 0 Å². The van der Waals surface area contributed by atoms with E-state index in [1.54, 1.807) is 6.92 Å². The standard InChI is InChI=1S/C11H12Cl2O5S/c1-6(18-2)5-19(16,17)9-4-7(12)3-8(10(9)13)11(14)15/h3-4,6H,5H2,1-2H3,(H,14,15). The van der Waals surface area contributed by atoms with Crippen LogP contribution in [0.5, 0.6) is 0 Å². The fourth-order valence-electron chi connectivity index (χ4n) is 1.41. The van der Waals surface area contributed by atoms with Crippen LogP contribution in [-0.2, 0) is 14.6 Å². The zero-order valence-corrected chi connectivity index (χ0v) is 12.5. The minimum atomic E-state index is -3.79. The molecule has 0 aliphatic heterocycles. The van der Waals surface area contributed by atoms with Crippen molar-refractivity contribution in [3.63, 3.8) is 0 Å². The van der Waals surface area contributed by atoms with Crippen LogP contribution >= 0.6 is 23.2 Å². The first-order valence-corrected chi connectivity index (χ1v) is 7.57. The largest absolute Gasteiger partial charge is 0.478 e. The van der Waals surface area contributed by atoms with Gasteiger partial charge < -0.3 is 9.84 Å². The third kappa shape index (κ3) is 3.82. The first-order chi connectivity index (χ1) is 8.69. The number of carbonyl (C=O) groups is 1. The van der Waals surface area contributed by atoms with Crippen LogP contribution in [0.1, 0.15) is 17.3 Å². The average Bonchev–Trinajstić information content (AvgIpc) is 2.30. The number of rotatable bonds is 5. The van der Waals surface area contributed by atoms with E-state index in [1.807, 2.05) is 0 Å². The molecule has 0 amide bonds. The first-order valence-electron chi connectivity index (χ1n) is 5.17. The maximum atomic E-state index is 12.1. The summed E-state index contributed by atoms with van der Waals surface area (Å²) in [7, 11) is -2.41. The molecule has 0 saturated heterocycles. The summed E-state index contributed by atoms with van der Waals surface area (Å²) in [4.78, 5) is 10.7. The van der Waals surface area contributed by atoms with Gasteiger partial charge in [-0.05, 0) is 19.1 Å². The molecule has 1 aromatic rings. The van der Waals surface area contributed by atoms with Gasteiger partial charge in [-0.2, -0.15) is 0 Å². The molecule has 1 rings (SSSR count). The zero-order valence-electron chi connectivity index (χ0n) is 10.2. The van der Waals surface area contributed by atoms with Gasteiger partial charge in [0.2, 0.25) is 0 Å². The van der Waals surface area contributed by atoms with Gasteiger partial charge in [0.15, 0.2) is 9.84 Å². The normalized spacial score (nSPS) is 13.3.